The van der Waals surface area contributed by atoms with E-state index in [2.05, 4.69) is 6.79 Å². The SMILES string of the molecule is [Br-].[Br-].[Br-].[Br-].[C]=O.[Os+4]. The Bertz CT molecular complexity index is 11.7. The summed E-state index contributed by atoms with van der Waals surface area (Å²) in [5.41, 5.74) is 0. The average molecular weight is 538 g/mol. The zero-order valence-electron chi connectivity index (χ0n) is 2.77. The van der Waals surface area contributed by atoms with Gasteiger partial charge in [0.25, 0.3) is 6.79 Å². The number of hydrogen-bond donors (Lipinski definition) is 0. The Balaban J connectivity index is -0.000000000500. The van der Waals surface area contributed by atoms with E-state index >= 15 is 0 Å². The number of carbonyl (C=O) groups excluding carboxylic acids is 1. The van der Waals surface area contributed by atoms with Crippen molar-refractivity contribution in [1.82, 2.24) is 0 Å². The smallest absolute Gasteiger partial charge is 1.00 e. The van der Waals surface area contributed by atoms with Crippen molar-refractivity contribution < 1.29 is 92.5 Å². The van der Waals surface area contributed by atoms with Crippen molar-refractivity contribution >= 4 is 6.79 Å². The summed E-state index contributed by atoms with van der Waals surface area (Å²) in [6, 6.07) is 0. The van der Waals surface area contributed by atoms with Crippen LogP contribution in [0.5, 0.6) is 0 Å². The first-order valence-electron chi connectivity index (χ1n) is 0.204. The van der Waals surface area contributed by atoms with Crippen molar-refractivity contribution in [3.8, 4) is 0 Å². The molecule has 0 aromatic heterocycles. The summed E-state index contributed by atoms with van der Waals surface area (Å²) in [5, 5.41) is 0. The Morgan fingerprint density at radius 2 is 0.714 bits per heavy atom. The summed E-state index contributed by atoms with van der Waals surface area (Å²) in [6.45, 7) is 4.50. The second kappa shape index (κ2) is 86.7. The second-order valence-electron chi connectivity index (χ2n) is 0. The van der Waals surface area contributed by atoms with E-state index in [1.54, 1.807) is 0 Å². The fraction of sp³-hybridized carbons (Fsp3) is 0. The molecule has 46 valence electrons. The third kappa shape index (κ3) is 64.3. The zero-order valence-corrected chi connectivity index (χ0v) is 11.7. The van der Waals surface area contributed by atoms with E-state index in [1.807, 2.05) is 0 Å². The van der Waals surface area contributed by atoms with E-state index < -0.39 is 0 Å². The minimum Gasteiger partial charge on any atom is -1.00 e. The van der Waals surface area contributed by atoms with Gasteiger partial charge < -0.3 is 67.9 Å². The second-order valence-corrected chi connectivity index (χ2v) is 0. The molecule has 0 atom stereocenters. The number of halogens is 4. The van der Waals surface area contributed by atoms with Gasteiger partial charge in [-0.25, -0.2) is 0 Å². The van der Waals surface area contributed by atoms with Gasteiger partial charge >= 0.3 is 19.8 Å². The predicted molar refractivity (Wildman–Crippen MR) is 5.69 cm³/mol. The maximum atomic E-state index is 7.50. The minimum absolute atomic E-state index is 0. The molecule has 0 amide bonds. The molecule has 0 aromatic rings. The first-order valence-corrected chi connectivity index (χ1v) is 0.204. The molecule has 0 N–H and O–H groups in total. The Morgan fingerprint density at radius 3 is 0.714 bits per heavy atom. The van der Waals surface area contributed by atoms with Gasteiger partial charge in [0.05, 0.1) is 0 Å². The molecule has 0 rings (SSSR count). The summed E-state index contributed by atoms with van der Waals surface area (Å²) in [5.74, 6) is 0. The predicted octanol–water partition coefficient (Wildman–Crippen LogP) is -12.4. The Kier molecular flexibility index (Phi) is 743. The quantitative estimate of drug-likeness (QED) is 0.300. The molecule has 0 aliphatic rings. The molecule has 0 heterocycles. The molecule has 1 nitrogen and oxygen atoms in total. The fourth-order valence-electron chi connectivity index (χ4n) is 0. The van der Waals surface area contributed by atoms with Crippen LogP contribution in [0.4, 0.5) is 0 Å². The van der Waals surface area contributed by atoms with Gasteiger partial charge in [0.1, 0.15) is 0 Å². The van der Waals surface area contributed by atoms with Crippen molar-refractivity contribution in [3.05, 3.63) is 0 Å². The molecule has 0 saturated heterocycles. The van der Waals surface area contributed by atoms with Crippen LogP contribution in [0.25, 0.3) is 0 Å². The van der Waals surface area contributed by atoms with Crippen LogP contribution >= 0.6 is 0 Å². The molecule has 0 aliphatic heterocycles. The monoisotopic (exact) mass is 536 g/mol. The van der Waals surface area contributed by atoms with Gasteiger partial charge in [-0.15, -0.1) is 0 Å². The third-order valence-corrected chi connectivity index (χ3v) is 0. The van der Waals surface area contributed by atoms with Gasteiger partial charge in [-0.3, -0.25) is 4.79 Å². The molecule has 0 saturated carbocycles. The van der Waals surface area contributed by atoms with Crippen LogP contribution in [-0.2, 0) is 24.6 Å². The molecule has 0 fully saturated rings. The number of hydrogen-bond acceptors (Lipinski definition) is 1. The first-order chi connectivity index (χ1) is 1.00. The molecule has 0 unspecified atom stereocenters. The first kappa shape index (κ1) is 60.0. The van der Waals surface area contributed by atoms with Crippen molar-refractivity contribution in [3.63, 3.8) is 0 Å². The summed E-state index contributed by atoms with van der Waals surface area (Å²) in [6.07, 6.45) is 0. The molecular formula is CBr4OOs. The molecule has 0 aromatic carbocycles. The van der Waals surface area contributed by atoms with Crippen LogP contribution in [0.15, 0.2) is 0 Å². The fourth-order valence-corrected chi connectivity index (χ4v) is 0. The van der Waals surface area contributed by atoms with Crippen LogP contribution in [-0.4, -0.2) is 6.79 Å². The van der Waals surface area contributed by atoms with Crippen LogP contribution in [0.1, 0.15) is 0 Å². The molecule has 0 bridgehead atoms. The van der Waals surface area contributed by atoms with Crippen LogP contribution in [0, 0.1) is 0 Å². The molecule has 6 heteroatoms. The molecular weight excluding hydrogens is 538 g/mol. The van der Waals surface area contributed by atoms with Gasteiger partial charge in [-0.1, -0.05) is 0 Å². The van der Waals surface area contributed by atoms with Crippen molar-refractivity contribution in [1.29, 1.82) is 0 Å². The van der Waals surface area contributed by atoms with Gasteiger partial charge in [0.2, 0.25) is 0 Å². The summed E-state index contributed by atoms with van der Waals surface area (Å²) >= 11 is 0. The van der Waals surface area contributed by atoms with Gasteiger partial charge in [0, 0.05) is 0 Å². The third-order valence-electron chi connectivity index (χ3n) is 0. The Labute approximate surface area is 98.1 Å². The van der Waals surface area contributed by atoms with Crippen LogP contribution in [0.2, 0.25) is 0 Å². The van der Waals surface area contributed by atoms with Gasteiger partial charge in [-0.05, 0) is 0 Å². The number of rotatable bonds is 0. The summed E-state index contributed by atoms with van der Waals surface area (Å²) in [4.78, 5) is 7.50. The summed E-state index contributed by atoms with van der Waals surface area (Å²) in [7, 11) is 0. The zero-order chi connectivity index (χ0) is 2.00. The van der Waals surface area contributed by atoms with E-state index in [9.17, 15) is 0 Å². The molecule has 2 radical (unpaired) electrons. The average Bonchev–Trinajstić information content (AvgIpc) is 1.00. The minimum atomic E-state index is 0. The van der Waals surface area contributed by atoms with Crippen molar-refractivity contribution in [2.24, 2.45) is 0 Å². The van der Waals surface area contributed by atoms with Gasteiger partial charge in [0.15, 0.2) is 0 Å². The maximum absolute atomic E-state index is 7.50. The largest absolute Gasteiger partial charge is 4.00 e. The van der Waals surface area contributed by atoms with Crippen molar-refractivity contribution in [2.45, 2.75) is 0 Å². The van der Waals surface area contributed by atoms with Gasteiger partial charge in [-0.2, -0.15) is 0 Å². The van der Waals surface area contributed by atoms with E-state index in [0.717, 1.165) is 0 Å². The topological polar surface area (TPSA) is 17.1 Å². The molecule has 0 spiro atoms. The van der Waals surface area contributed by atoms with E-state index in [4.69, 9.17) is 4.79 Å². The standard InChI is InChI=1S/CO.4BrH.Os/c1-2;;;;;/h;4*1H;/q;;;;;+4/p-4. The normalized spacial score (nSPS) is 0.571. The maximum Gasteiger partial charge on any atom is 4.00 e. The Morgan fingerprint density at radius 1 is 0.714 bits per heavy atom. The molecule has 7 heavy (non-hydrogen) atoms. The van der Waals surface area contributed by atoms with E-state index in [0.29, 0.717) is 0 Å². The van der Waals surface area contributed by atoms with Crippen LogP contribution < -0.4 is 67.9 Å². The van der Waals surface area contributed by atoms with E-state index in [1.165, 1.54) is 0 Å². The van der Waals surface area contributed by atoms with Crippen LogP contribution in [0.3, 0.4) is 0 Å². The van der Waals surface area contributed by atoms with Crippen molar-refractivity contribution in [2.75, 3.05) is 0 Å². The Hall–Kier alpha value is 2.23. The molecule has 0 aliphatic carbocycles. The van der Waals surface area contributed by atoms with E-state index in [-0.39, 0.29) is 87.7 Å². The summed E-state index contributed by atoms with van der Waals surface area (Å²) < 4.78 is 0.